The highest BCUT2D eigenvalue weighted by Gasteiger charge is 2.00. The predicted molar refractivity (Wildman–Crippen MR) is 44.9 cm³/mol. The van der Waals surface area contributed by atoms with Gasteiger partial charge >= 0.3 is 0 Å². The Morgan fingerprint density at radius 3 is 1.91 bits per heavy atom. The molecule has 0 aromatic rings. The van der Waals surface area contributed by atoms with Gasteiger partial charge in [-0.05, 0) is 19.3 Å². The number of aliphatic hydroxyl groups is 1. The lowest BCUT2D eigenvalue weighted by atomic mass is 10.1. The van der Waals surface area contributed by atoms with Gasteiger partial charge < -0.3 is 27.5 Å². The summed E-state index contributed by atoms with van der Waals surface area (Å²) in [5, 5.41) is 8.62. The van der Waals surface area contributed by atoms with E-state index >= 15 is 0 Å². The largest absolute Gasteiger partial charge is 0.412 e. The first-order valence-corrected chi connectivity index (χ1v) is 3.36. The van der Waals surface area contributed by atoms with Crippen LogP contribution in [0.4, 0.5) is 0 Å². The highest BCUT2D eigenvalue weighted by atomic mass is 16.3. The van der Waals surface area contributed by atoms with Crippen LogP contribution in [0, 0.1) is 0 Å². The molecule has 2 atom stereocenters. The third kappa shape index (κ3) is 12.9. The molecule has 0 aliphatic carbocycles. The summed E-state index contributed by atoms with van der Waals surface area (Å²) in [6.45, 7) is 2.02. The molecule has 5 nitrogen and oxygen atoms in total. The molecule has 0 aliphatic rings. The Kier molecular flexibility index (Phi) is 15.2. The SMILES string of the molecule is CCC(N)CCC(N)O.O.O. The van der Waals surface area contributed by atoms with Gasteiger partial charge in [-0.15, -0.1) is 0 Å². The van der Waals surface area contributed by atoms with Crippen LogP contribution in [-0.2, 0) is 0 Å². The summed E-state index contributed by atoms with van der Waals surface area (Å²) < 4.78 is 0. The molecule has 0 aliphatic heterocycles. The van der Waals surface area contributed by atoms with Gasteiger partial charge in [-0.25, -0.2) is 0 Å². The van der Waals surface area contributed by atoms with E-state index in [-0.39, 0.29) is 17.0 Å². The standard InChI is InChI=1S/C6H16N2O.2H2O/c1-2-5(7)3-4-6(8)9;;/h5-6,9H,2-4,7-8H2,1H3;2*1H2. The first-order valence-electron chi connectivity index (χ1n) is 3.36. The van der Waals surface area contributed by atoms with E-state index in [0.29, 0.717) is 6.42 Å². The van der Waals surface area contributed by atoms with Crippen LogP contribution < -0.4 is 11.5 Å². The molecule has 11 heavy (non-hydrogen) atoms. The molecule has 0 aromatic heterocycles. The molecule has 72 valence electrons. The Hall–Kier alpha value is -0.200. The number of rotatable bonds is 4. The quantitative estimate of drug-likeness (QED) is 0.424. The van der Waals surface area contributed by atoms with E-state index in [1.54, 1.807) is 0 Å². The fourth-order valence-electron chi connectivity index (χ4n) is 0.589. The summed E-state index contributed by atoms with van der Waals surface area (Å²) in [5.41, 5.74) is 10.6. The average Bonchev–Trinajstić information content (AvgIpc) is 1.83. The van der Waals surface area contributed by atoms with Crippen molar-refractivity contribution in [3.05, 3.63) is 0 Å². The second-order valence-corrected chi connectivity index (χ2v) is 2.31. The van der Waals surface area contributed by atoms with Crippen molar-refractivity contribution in [3.8, 4) is 0 Å². The smallest absolute Gasteiger partial charge is 0.102 e. The average molecular weight is 168 g/mol. The molecule has 9 N–H and O–H groups in total. The molecular formula is C6H20N2O3. The molecule has 0 heterocycles. The third-order valence-corrected chi connectivity index (χ3v) is 1.36. The zero-order chi connectivity index (χ0) is 7.28. The van der Waals surface area contributed by atoms with E-state index in [1.165, 1.54) is 0 Å². The summed E-state index contributed by atoms with van der Waals surface area (Å²) in [6.07, 6.45) is 1.68. The molecule has 0 radical (unpaired) electrons. The van der Waals surface area contributed by atoms with Crippen LogP contribution in [0.15, 0.2) is 0 Å². The summed E-state index contributed by atoms with van der Waals surface area (Å²) in [5.74, 6) is 0. The van der Waals surface area contributed by atoms with Crippen LogP contribution in [0.5, 0.6) is 0 Å². The van der Waals surface area contributed by atoms with Gasteiger partial charge in [-0.3, -0.25) is 0 Å². The van der Waals surface area contributed by atoms with E-state index in [4.69, 9.17) is 16.6 Å². The van der Waals surface area contributed by atoms with Gasteiger partial charge in [0.1, 0.15) is 6.23 Å². The Bertz CT molecular complexity index is 70.8. The van der Waals surface area contributed by atoms with E-state index < -0.39 is 6.23 Å². The van der Waals surface area contributed by atoms with E-state index in [1.807, 2.05) is 6.92 Å². The molecular weight excluding hydrogens is 148 g/mol. The number of aliphatic hydroxyl groups excluding tert-OH is 1. The second kappa shape index (κ2) is 9.80. The van der Waals surface area contributed by atoms with Gasteiger partial charge in [-0.1, -0.05) is 6.92 Å². The van der Waals surface area contributed by atoms with Crippen molar-refractivity contribution in [2.45, 2.75) is 38.5 Å². The maximum absolute atomic E-state index is 8.62. The van der Waals surface area contributed by atoms with E-state index in [0.717, 1.165) is 12.8 Å². The third-order valence-electron chi connectivity index (χ3n) is 1.36. The Balaban J connectivity index is -0.000000320. The fourth-order valence-corrected chi connectivity index (χ4v) is 0.589. The molecule has 5 heteroatoms. The Morgan fingerprint density at radius 1 is 1.18 bits per heavy atom. The summed E-state index contributed by atoms with van der Waals surface area (Å²) in [4.78, 5) is 0. The molecule has 0 spiro atoms. The van der Waals surface area contributed by atoms with Gasteiger partial charge in [0.25, 0.3) is 0 Å². The van der Waals surface area contributed by atoms with Gasteiger partial charge in [0.2, 0.25) is 0 Å². The van der Waals surface area contributed by atoms with Crippen molar-refractivity contribution in [2.75, 3.05) is 0 Å². The van der Waals surface area contributed by atoms with Crippen molar-refractivity contribution in [1.29, 1.82) is 0 Å². The molecule has 0 saturated carbocycles. The van der Waals surface area contributed by atoms with Crippen molar-refractivity contribution in [3.63, 3.8) is 0 Å². The number of nitrogens with two attached hydrogens (primary N) is 2. The normalized spacial score (nSPS) is 14.2. The van der Waals surface area contributed by atoms with Crippen LogP contribution in [-0.4, -0.2) is 28.3 Å². The number of hydrogen-bond acceptors (Lipinski definition) is 3. The van der Waals surface area contributed by atoms with E-state index in [2.05, 4.69) is 0 Å². The summed E-state index contributed by atoms with van der Waals surface area (Å²) >= 11 is 0. The van der Waals surface area contributed by atoms with Crippen LogP contribution in [0.25, 0.3) is 0 Å². The molecule has 0 saturated heterocycles. The predicted octanol–water partition coefficient (Wildman–Crippen LogP) is -1.87. The Labute approximate surface area is 67.0 Å². The molecule has 2 unspecified atom stereocenters. The zero-order valence-electron chi connectivity index (χ0n) is 6.88. The second-order valence-electron chi connectivity index (χ2n) is 2.31. The van der Waals surface area contributed by atoms with Crippen LogP contribution >= 0.6 is 0 Å². The molecule has 0 amide bonds. The summed E-state index contributed by atoms with van der Waals surface area (Å²) in [6, 6.07) is 0.197. The maximum atomic E-state index is 8.62. The van der Waals surface area contributed by atoms with Gasteiger partial charge in [-0.2, -0.15) is 0 Å². The lowest BCUT2D eigenvalue weighted by Crippen LogP contribution is -2.25. The topological polar surface area (TPSA) is 135 Å². The van der Waals surface area contributed by atoms with Crippen molar-refractivity contribution < 1.29 is 16.1 Å². The van der Waals surface area contributed by atoms with Crippen molar-refractivity contribution in [2.24, 2.45) is 11.5 Å². The molecule has 0 bridgehead atoms. The maximum Gasteiger partial charge on any atom is 0.102 e. The van der Waals surface area contributed by atoms with E-state index in [9.17, 15) is 0 Å². The highest BCUT2D eigenvalue weighted by Crippen LogP contribution is 1.98. The molecule has 0 rings (SSSR count). The van der Waals surface area contributed by atoms with Gasteiger partial charge in [0, 0.05) is 6.04 Å². The highest BCUT2D eigenvalue weighted by molar-refractivity contribution is 4.59. The fraction of sp³-hybridized carbons (Fsp3) is 1.00. The summed E-state index contributed by atoms with van der Waals surface area (Å²) in [7, 11) is 0. The Morgan fingerprint density at radius 2 is 1.64 bits per heavy atom. The first kappa shape index (κ1) is 17.0. The van der Waals surface area contributed by atoms with Crippen LogP contribution in [0.2, 0.25) is 0 Å². The minimum Gasteiger partial charge on any atom is -0.412 e. The van der Waals surface area contributed by atoms with Crippen molar-refractivity contribution >= 4 is 0 Å². The minimum atomic E-state index is -0.692. The van der Waals surface area contributed by atoms with Crippen molar-refractivity contribution in [1.82, 2.24) is 0 Å². The molecule has 0 aromatic carbocycles. The zero-order valence-corrected chi connectivity index (χ0v) is 6.88. The lowest BCUT2D eigenvalue weighted by Gasteiger charge is -2.08. The van der Waals surface area contributed by atoms with Crippen LogP contribution in [0.1, 0.15) is 26.2 Å². The molecule has 0 fully saturated rings. The minimum absolute atomic E-state index is 0. The first-order chi connectivity index (χ1) is 4.16. The number of hydrogen-bond donors (Lipinski definition) is 3. The van der Waals surface area contributed by atoms with Gasteiger partial charge in [0.15, 0.2) is 0 Å². The lowest BCUT2D eigenvalue weighted by molar-refractivity contribution is 0.166. The van der Waals surface area contributed by atoms with Crippen LogP contribution in [0.3, 0.4) is 0 Å². The monoisotopic (exact) mass is 168 g/mol. The van der Waals surface area contributed by atoms with Gasteiger partial charge in [0.05, 0.1) is 0 Å².